The summed E-state index contributed by atoms with van der Waals surface area (Å²) < 4.78 is 27.2. The number of rotatable bonds is 2. The van der Waals surface area contributed by atoms with Crippen molar-refractivity contribution in [2.45, 2.75) is 0 Å². The maximum absolute atomic E-state index is 13.5. The molecule has 0 saturated carbocycles. The lowest BCUT2D eigenvalue weighted by Crippen LogP contribution is -1.98. The number of halogens is 3. The summed E-state index contributed by atoms with van der Waals surface area (Å²) in [5.41, 5.74) is 6.58. The molecule has 0 atom stereocenters. The lowest BCUT2D eigenvalue weighted by atomic mass is 10.2. The average Bonchev–Trinajstić information content (AvgIpc) is 2.28. The Balaban J connectivity index is 2.37. The van der Waals surface area contributed by atoms with Crippen LogP contribution in [0.4, 0.5) is 25.8 Å². The molecule has 0 aliphatic heterocycles. The van der Waals surface area contributed by atoms with Crippen LogP contribution in [-0.4, -0.2) is 0 Å². The zero-order valence-electron chi connectivity index (χ0n) is 8.68. The third-order valence-electron chi connectivity index (χ3n) is 2.21. The van der Waals surface area contributed by atoms with Gasteiger partial charge in [0.1, 0.15) is 11.6 Å². The van der Waals surface area contributed by atoms with Gasteiger partial charge < -0.3 is 11.1 Å². The average molecular weight is 299 g/mol. The number of benzene rings is 2. The van der Waals surface area contributed by atoms with E-state index in [1.807, 2.05) is 0 Å². The lowest BCUT2D eigenvalue weighted by molar-refractivity contribution is 0.627. The lowest BCUT2D eigenvalue weighted by Gasteiger charge is -2.10. The number of anilines is 3. The molecule has 17 heavy (non-hydrogen) atoms. The molecule has 0 aromatic heterocycles. The Bertz CT molecular complexity index is 509. The van der Waals surface area contributed by atoms with Crippen molar-refractivity contribution in [2.24, 2.45) is 0 Å². The van der Waals surface area contributed by atoms with E-state index in [1.165, 1.54) is 24.3 Å². The SMILES string of the molecule is Nc1ccc(F)cc1Nc1cc(Br)ccc1F. The smallest absolute Gasteiger partial charge is 0.146 e. The molecule has 0 spiro atoms. The molecule has 0 aliphatic rings. The van der Waals surface area contributed by atoms with Crippen LogP contribution >= 0.6 is 15.9 Å². The summed E-state index contributed by atoms with van der Waals surface area (Å²) >= 11 is 3.23. The van der Waals surface area contributed by atoms with Crippen molar-refractivity contribution in [2.75, 3.05) is 11.1 Å². The van der Waals surface area contributed by atoms with E-state index in [-0.39, 0.29) is 5.69 Å². The fourth-order valence-corrected chi connectivity index (χ4v) is 1.74. The minimum Gasteiger partial charge on any atom is -0.397 e. The molecule has 0 saturated heterocycles. The molecule has 0 fully saturated rings. The Kier molecular flexibility index (Phi) is 3.28. The number of nitrogen functional groups attached to an aromatic ring is 1. The number of nitrogens with one attached hydrogen (secondary N) is 1. The molecule has 2 aromatic rings. The highest BCUT2D eigenvalue weighted by Gasteiger charge is 2.06. The van der Waals surface area contributed by atoms with Crippen LogP contribution in [0.5, 0.6) is 0 Å². The maximum atomic E-state index is 13.5. The van der Waals surface area contributed by atoms with Gasteiger partial charge in [-0.1, -0.05) is 15.9 Å². The Morgan fingerprint density at radius 1 is 1.00 bits per heavy atom. The quantitative estimate of drug-likeness (QED) is 0.821. The molecule has 2 rings (SSSR count). The molecule has 0 radical (unpaired) electrons. The van der Waals surface area contributed by atoms with Crippen molar-refractivity contribution in [1.29, 1.82) is 0 Å². The molecule has 5 heteroatoms. The van der Waals surface area contributed by atoms with Gasteiger partial charge in [-0.15, -0.1) is 0 Å². The topological polar surface area (TPSA) is 38.0 Å². The summed E-state index contributed by atoms with van der Waals surface area (Å²) in [4.78, 5) is 0. The second-order valence-corrected chi connectivity index (χ2v) is 4.40. The Labute approximate surface area is 106 Å². The molecule has 0 unspecified atom stereocenters. The molecule has 3 N–H and O–H groups in total. The second kappa shape index (κ2) is 4.71. The van der Waals surface area contributed by atoms with Gasteiger partial charge in [0.05, 0.1) is 17.1 Å². The first-order chi connectivity index (χ1) is 8.06. The van der Waals surface area contributed by atoms with Crippen LogP contribution in [0.1, 0.15) is 0 Å². The predicted molar refractivity (Wildman–Crippen MR) is 68.2 cm³/mol. The molecule has 0 aliphatic carbocycles. The first-order valence-corrected chi connectivity index (χ1v) is 5.62. The van der Waals surface area contributed by atoms with Gasteiger partial charge in [0.15, 0.2) is 0 Å². The van der Waals surface area contributed by atoms with Crippen molar-refractivity contribution in [3.63, 3.8) is 0 Å². The van der Waals surface area contributed by atoms with Gasteiger partial charge in [0, 0.05) is 4.47 Å². The largest absolute Gasteiger partial charge is 0.397 e. The van der Waals surface area contributed by atoms with E-state index in [0.717, 1.165) is 4.47 Å². The zero-order valence-corrected chi connectivity index (χ0v) is 10.3. The molecular formula is C12H9BrF2N2. The van der Waals surface area contributed by atoms with Crippen LogP contribution < -0.4 is 11.1 Å². The molecule has 88 valence electrons. The molecule has 2 aromatic carbocycles. The summed E-state index contributed by atoms with van der Waals surface area (Å²) in [6, 6.07) is 8.33. The van der Waals surface area contributed by atoms with Crippen LogP contribution in [-0.2, 0) is 0 Å². The van der Waals surface area contributed by atoms with Crippen LogP contribution in [0.3, 0.4) is 0 Å². The predicted octanol–water partition coefficient (Wildman–Crippen LogP) is 4.05. The standard InChI is InChI=1S/C12H9BrF2N2/c13-7-1-3-9(15)11(5-7)17-12-6-8(14)2-4-10(12)16/h1-6,17H,16H2. The van der Waals surface area contributed by atoms with E-state index >= 15 is 0 Å². The molecule has 0 bridgehead atoms. The number of hydrogen-bond donors (Lipinski definition) is 2. The fourth-order valence-electron chi connectivity index (χ4n) is 1.38. The van der Waals surface area contributed by atoms with E-state index in [4.69, 9.17) is 5.73 Å². The number of hydrogen-bond acceptors (Lipinski definition) is 2. The summed E-state index contributed by atoms with van der Waals surface area (Å²) in [6.45, 7) is 0. The Morgan fingerprint density at radius 2 is 1.76 bits per heavy atom. The maximum Gasteiger partial charge on any atom is 0.146 e. The minimum atomic E-state index is -0.433. The van der Waals surface area contributed by atoms with Crippen molar-refractivity contribution >= 4 is 33.0 Å². The van der Waals surface area contributed by atoms with Crippen molar-refractivity contribution < 1.29 is 8.78 Å². The van der Waals surface area contributed by atoms with Crippen molar-refractivity contribution in [3.8, 4) is 0 Å². The summed E-state index contributed by atoms with van der Waals surface area (Å²) in [5.74, 6) is -0.867. The van der Waals surface area contributed by atoms with E-state index < -0.39 is 11.6 Å². The molecule has 0 heterocycles. The summed E-state index contributed by atoms with van der Waals surface area (Å²) in [5, 5.41) is 2.75. The Hall–Kier alpha value is -1.62. The third-order valence-corrected chi connectivity index (χ3v) is 2.71. The summed E-state index contributed by atoms with van der Waals surface area (Å²) in [6.07, 6.45) is 0. The van der Waals surface area contributed by atoms with Crippen LogP contribution in [0, 0.1) is 11.6 Å². The first-order valence-electron chi connectivity index (χ1n) is 4.83. The molecule has 0 amide bonds. The summed E-state index contributed by atoms with van der Waals surface area (Å²) in [7, 11) is 0. The Morgan fingerprint density at radius 3 is 2.53 bits per heavy atom. The highest BCUT2D eigenvalue weighted by Crippen LogP contribution is 2.27. The van der Waals surface area contributed by atoms with Crippen LogP contribution in [0.2, 0.25) is 0 Å². The third kappa shape index (κ3) is 2.74. The van der Waals surface area contributed by atoms with Crippen molar-refractivity contribution in [3.05, 3.63) is 52.5 Å². The number of nitrogens with two attached hydrogens (primary N) is 1. The van der Waals surface area contributed by atoms with Crippen LogP contribution in [0.25, 0.3) is 0 Å². The fraction of sp³-hybridized carbons (Fsp3) is 0. The zero-order chi connectivity index (χ0) is 12.4. The normalized spacial score (nSPS) is 10.3. The van der Waals surface area contributed by atoms with Gasteiger partial charge in [0.25, 0.3) is 0 Å². The van der Waals surface area contributed by atoms with E-state index in [2.05, 4.69) is 21.2 Å². The van der Waals surface area contributed by atoms with Crippen molar-refractivity contribution in [1.82, 2.24) is 0 Å². The van der Waals surface area contributed by atoms with Gasteiger partial charge in [-0.3, -0.25) is 0 Å². The van der Waals surface area contributed by atoms with Gasteiger partial charge >= 0.3 is 0 Å². The van der Waals surface area contributed by atoms with E-state index in [0.29, 0.717) is 11.4 Å². The minimum absolute atomic E-state index is 0.233. The van der Waals surface area contributed by atoms with Gasteiger partial charge in [0.2, 0.25) is 0 Å². The highest BCUT2D eigenvalue weighted by molar-refractivity contribution is 9.10. The monoisotopic (exact) mass is 298 g/mol. The van der Waals surface area contributed by atoms with Gasteiger partial charge in [-0.25, -0.2) is 8.78 Å². The highest BCUT2D eigenvalue weighted by atomic mass is 79.9. The molecule has 2 nitrogen and oxygen atoms in total. The van der Waals surface area contributed by atoms with E-state index in [1.54, 1.807) is 12.1 Å². The molecular weight excluding hydrogens is 290 g/mol. The van der Waals surface area contributed by atoms with Crippen LogP contribution in [0.15, 0.2) is 40.9 Å². The van der Waals surface area contributed by atoms with Gasteiger partial charge in [-0.05, 0) is 36.4 Å². The first kappa shape index (κ1) is 11.9. The van der Waals surface area contributed by atoms with E-state index in [9.17, 15) is 8.78 Å². The second-order valence-electron chi connectivity index (χ2n) is 3.48. The van der Waals surface area contributed by atoms with Gasteiger partial charge in [-0.2, -0.15) is 0 Å².